The Labute approximate surface area is 137 Å². The number of amides is 2. The topological polar surface area (TPSA) is 52.6 Å². The van der Waals surface area contributed by atoms with E-state index in [9.17, 15) is 14.0 Å². The Morgan fingerprint density at radius 2 is 1.70 bits per heavy atom. The van der Waals surface area contributed by atoms with E-state index >= 15 is 0 Å². The number of hydrogen-bond donors (Lipinski definition) is 1. The molecule has 3 rings (SSSR count). The Balaban J connectivity index is 1.81. The van der Waals surface area contributed by atoms with Crippen molar-refractivity contribution < 1.29 is 14.0 Å². The largest absolute Gasteiger partial charge is 0.331 e. The lowest BCUT2D eigenvalue weighted by molar-refractivity contribution is 0.0366. The van der Waals surface area contributed by atoms with Crippen molar-refractivity contribution in [2.24, 2.45) is 0 Å². The molecule has 2 aromatic rings. The third-order valence-corrected chi connectivity index (χ3v) is 3.81. The van der Waals surface area contributed by atoms with Crippen LogP contribution in [-0.2, 0) is 0 Å². The van der Waals surface area contributed by atoms with E-state index < -0.39 is 17.6 Å². The molecule has 1 aliphatic rings. The van der Waals surface area contributed by atoms with Gasteiger partial charge in [-0.1, -0.05) is 18.2 Å². The summed E-state index contributed by atoms with van der Waals surface area (Å²) in [5, 5.41) is 5.10. The first kappa shape index (κ1) is 15.1. The molecule has 116 valence electrons. The van der Waals surface area contributed by atoms with Crippen molar-refractivity contribution in [1.29, 1.82) is 0 Å². The zero-order valence-electron chi connectivity index (χ0n) is 12.1. The monoisotopic (exact) mass is 329 g/mol. The second-order valence-corrected chi connectivity index (χ2v) is 5.32. The highest BCUT2D eigenvalue weighted by atomic mass is 32.1. The van der Waals surface area contributed by atoms with Gasteiger partial charge in [0.05, 0.1) is 11.1 Å². The number of hydrazine groups is 1. The lowest BCUT2D eigenvalue weighted by Crippen LogP contribution is -2.48. The Hall–Kier alpha value is -2.80. The summed E-state index contributed by atoms with van der Waals surface area (Å²) in [7, 11) is 1.50. The number of thiocarbonyl (C=S) groups is 1. The SMILES string of the molecule is CN(C(=S)Nc1cccc(F)c1)N1C(=O)c2ccccc2C1=O. The fourth-order valence-corrected chi connectivity index (χ4v) is 2.51. The van der Waals surface area contributed by atoms with E-state index in [1.165, 1.54) is 30.3 Å². The molecule has 7 heteroatoms. The number of hydrogen-bond acceptors (Lipinski definition) is 3. The van der Waals surface area contributed by atoms with E-state index in [1.807, 2.05) is 0 Å². The smallest absolute Gasteiger partial charge is 0.280 e. The molecule has 0 saturated carbocycles. The number of carbonyl (C=O) groups is 2. The molecule has 1 aliphatic heterocycles. The van der Waals surface area contributed by atoms with Crippen LogP contribution in [0.5, 0.6) is 0 Å². The molecule has 0 atom stereocenters. The lowest BCUT2D eigenvalue weighted by atomic mass is 10.1. The summed E-state index contributed by atoms with van der Waals surface area (Å²) in [4.78, 5) is 24.8. The minimum absolute atomic E-state index is 0.102. The van der Waals surface area contributed by atoms with Gasteiger partial charge in [0, 0.05) is 12.7 Å². The van der Waals surface area contributed by atoms with Crippen LogP contribution in [0.2, 0.25) is 0 Å². The number of fused-ring (bicyclic) bond motifs is 1. The van der Waals surface area contributed by atoms with Crippen LogP contribution in [0.1, 0.15) is 20.7 Å². The summed E-state index contributed by atoms with van der Waals surface area (Å²) in [5.41, 5.74) is 1.09. The third-order valence-electron chi connectivity index (χ3n) is 3.44. The van der Waals surface area contributed by atoms with Gasteiger partial charge in [-0.15, -0.1) is 0 Å². The van der Waals surface area contributed by atoms with Crippen molar-refractivity contribution in [3.8, 4) is 0 Å². The van der Waals surface area contributed by atoms with Gasteiger partial charge in [-0.3, -0.25) is 14.6 Å². The second-order valence-electron chi connectivity index (χ2n) is 4.93. The van der Waals surface area contributed by atoms with Gasteiger partial charge in [0.15, 0.2) is 5.11 Å². The van der Waals surface area contributed by atoms with Crippen LogP contribution in [0.25, 0.3) is 0 Å². The number of rotatable bonds is 2. The van der Waals surface area contributed by atoms with E-state index in [4.69, 9.17) is 12.2 Å². The number of carbonyl (C=O) groups excluding carboxylic acids is 2. The van der Waals surface area contributed by atoms with Gasteiger partial charge < -0.3 is 5.32 Å². The molecule has 5 nitrogen and oxygen atoms in total. The molecule has 0 radical (unpaired) electrons. The van der Waals surface area contributed by atoms with Crippen molar-refractivity contribution in [1.82, 2.24) is 10.0 Å². The zero-order valence-corrected chi connectivity index (χ0v) is 12.9. The maximum Gasteiger partial charge on any atom is 0.280 e. The second kappa shape index (κ2) is 5.77. The van der Waals surface area contributed by atoms with Crippen molar-refractivity contribution in [2.75, 3.05) is 12.4 Å². The fraction of sp³-hybridized carbons (Fsp3) is 0.0625. The molecule has 0 unspecified atom stereocenters. The number of nitrogens with one attached hydrogen (secondary N) is 1. The Morgan fingerprint density at radius 3 is 2.26 bits per heavy atom. The summed E-state index contributed by atoms with van der Waals surface area (Å²) >= 11 is 5.20. The van der Waals surface area contributed by atoms with Gasteiger partial charge in [-0.25, -0.2) is 4.39 Å². The van der Waals surface area contributed by atoms with E-state index in [0.29, 0.717) is 16.8 Å². The Bertz CT molecular complexity index is 789. The number of imide groups is 1. The Morgan fingerprint density at radius 1 is 1.09 bits per heavy atom. The normalized spacial score (nSPS) is 13.0. The summed E-state index contributed by atoms with van der Waals surface area (Å²) in [5.74, 6) is -1.31. The maximum atomic E-state index is 13.2. The summed E-state index contributed by atoms with van der Waals surface area (Å²) in [6.07, 6.45) is 0. The average Bonchev–Trinajstić information content (AvgIpc) is 2.79. The molecule has 1 heterocycles. The van der Waals surface area contributed by atoms with Crippen LogP contribution in [0, 0.1) is 5.82 Å². The van der Waals surface area contributed by atoms with Crippen LogP contribution in [0.3, 0.4) is 0 Å². The summed E-state index contributed by atoms with van der Waals surface area (Å²) < 4.78 is 13.2. The molecule has 0 aliphatic carbocycles. The molecule has 0 aromatic heterocycles. The molecule has 0 spiro atoms. The van der Waals surface area contributed by atoms with Crippen molar-refractivity contribution in [3.05, 3.63) is 65.5 Å². The van der Waals surface area contributed by atoms with E-state index in [1.54, 1.807) is 30.3 Å². The highest BCUT2D eigenvalue weighted by Gasteiger charge is 2.38. The molecule has 0 fully saturated rings. The van der Waals surface area contributed by atoms with Gasteiger partial charge in [-0.05, 0) is 42.5 Å². The quantitative estimate of drug-likeness (QED) is 0.678. The Kier molecular flexibility index (Phi) is 3.79. The van der Waals surface area contributed by atoms with Gasteiger partial charge in [0.25, 0.3) is 11.8 Å². The van der Waals surface area contributed by atoms with Gasteiger partial charge in [0.2, 0.25) is 0 Å². The third kappa shape index (κ3) is 2.66. The minimum atomic E-state index is -0.448. The predicted molar refractivity (Wildman–Crippen MR) is 87.3 cm³/mol. The van der Waals surface area contributed by atoms with Crippen LogP contribution >= 0.6 is 12.2 Å². The van der Waals surface area contributed by atoms with Gasteiger partial charge in [0.1, 0.15) is 5.82 Å². The van der Waals surface area contributed by atoms with Gasteiger partial charge >= 0.3 is 0 Å². The van der Waals surface area contributed by atoms with E-state index in [2.05, 4.69) is 5.32 Å². The number of halogens is 1. The minimum Gasteiger partial charge on any atom is -0.331 e. The standard InChI is InChI=1S/C16H12FN3O2S/c1-19(16(23)18-11-6-4-5-10(17)9-11)20-14(21)12-7-2-3-8-13(12)15(20)22/h2-9H,1H3,(H,18,23). The lowest BCUT2D eigenvalue weighted by Gasteiger charge is -2.28. The first-order chi connectivity index (χ1) is 11.0. The van der Waals surface area contributed by atoms with Crippen molar-refractivity contribution in [3.63, 3.8) is 0 Å². The first-order valence-corrected chi connectivity index (χ1v) is 7.18. The summed E-state index contributed by atoms with van der Waals surface area (Å²) in [6, 6.07) is 12.3. The predicted octanol–water partition coefficient (Wildman–Crippen LogP) is 2.67. The number of anilines is 1. The molecule has 2 amide bonds. The van der Waals surface area contributed by atoms with E-state index in [0.717, 1.165) is 5.01 Å². The molecule has 1 N–H and O–H groups in total. The zero-order chi connectivity index (χ0) is 16.6. The fourth-order valence-electron chi connectivity index (χ4n) is 2.31. The van der Waals surface area contributed by atoms with Crippen molar-refractivity contribution >= 4 is 34.8 Å². The molecular weight excluding hydrogens is 317 g/mol. The van der Waals surface area contributed by atoms with Crippen molar-refractivity contribution in [2.45, 2.75) is 0 Å². The first-order valence-electron chi connectivity index (χ1n) is 6.77. The maximum absolute atomic E-state index is 13.2. The van der Waals surface area contributed by atoms with E-state index in [-0.39, 0.29) is 5.11 Å². The molecule has 23 heavy (non-hydrogen) atoms. The summed E-state index contributed by atoms with van der Waals surface area (Å²) in [6.45, 7) is 0. The number of nitrogens with zero attached hydrogens (tertiary/aromatic N) is 2. The van der Waals surface area contributed by atoms with Crippen LogP contribution < -0.4 is 5.32 Å². The van der Waals surface area contributed by atoms with Crippen LogP contribution in [0.15, 0.2) is 48.5 Å². The molecular formula is C16H12FN3O2S. The molecule has 0 bridgehead atoms. The van der Waals surface area contributed by atoms with Crippen LogP contribution in [-0.4, -0.2) is 34.0 Å². The number of benzene rings is 2. The average molecular weight is 329 g/mol. The van der Waals surface area contributed by atoms with Crippen LogP contribution in [0.4, 0.5) is 10.1 Å². The highest BCUT2D eigenvalue weighted by Crippen LogP contribution is 2.24. The highest BCUT2D eigenvalue weighted by molar-refractivity contribution is 7.80. The molecule has 2 aromatic carbocycles. The van der Waals surface area contributed by atoms with Gasteiger partial charge in [-0.2, -0.15) is 5.01 Å². The molecule has 0 saturated heterocycles.